The van der Waals surface area contributed by atoms with Crippen LogP contribution in [0.3, 0.4) is 0 Å². The van der Waals surface area contributed by atoms with Crippen LogP contribution in [-0.4, -0.2) is 53.2 Å². The maximum atomic E-state index is 13.1. The van der Waals surface area contributed by atoms with E-state index in [2.05, 4.69) is 5.32 Å². The van der Waals surface area contributed by atoms with Gasteiger partial charge in [-0.1, -0.05) is 12.8 Å². The molecule has 1 heterocycles. The van der Waals surface area contributed by atoms with Gasteiger partial charge in [0.15, 0.2) is 0 Å². The minimum Gasteiger partial charge on any atom is -0.388 e. The lowest BCUT2D eigenvalue weighted by atomic mass is 10.2. The van der Waals surface area contributed by atoms with Gasteiger partial charge in [-0.3, -0.25) is 9.59 Å². The fourth-order valence-corrected chi connectivity index (χ4v) is 2.70. The molecule has 2 fully saturated rings. The highest BCUT2D eigenvalue weighted by atomic mass is 19.1. The topological polar surface area (TPSA) is 69.6 Å². The molecule has 0 radical (unpaired) electrons. The summed E-state index contributed by atoms with van der Waals surface area (Å²) in [6.07, 6.45) is 2.09. The van der Waals surface area contributed by atoms with Crippen molar-refractivity contribution in [2.45, 2.75) is 56.8 Å². The van der Waals surface area contributed by atoms with E-state index in [1.807, 2.05) is 0 Å². The van der Waals surface area contributed by atoms with Gasteiger partial charge in [0, 0.05) is 25.4 Å². The number of amides is 2. The fraction of sp³-hybridized carbons (Fsp3) is 0.846. The number of rotatable bonds is 4. The van der Waals surface area contributed by atoms with E-state index in [9.17, 15) is 19.1 Å². The summed E-state index contributed by atoms with van der Waals surface area (Å²) < 4.78 is 13.1. The predicted octanol–water partition coefficient (Wildman–Crippen LogP) is 0.367. The lowest BCUT2D eigenvalue weighted by Gasteiger charge is -2.16. The van der Waals surface area contributed by atoms with Crippen molar-refractivity contribution in [3.8, 4) is 0 Å². The summed E-state index contributed by atoms with van der Waals surface area (Å²) in [6, 6.07) is 0.256. The third-order valence-electron chi connectivity index (χ3n) is 3.86. The highest BCUT2D eigenvalue weighted by Crippen LogP contribution is 2.18. The molecule has 1 aliphatic carbocycles. The number of carbonyl (C=O) groups excluding carboxylic acids is 2. The van der Waals surface area contributed by atoms with E-state index in [0.717, 1.165) is 25.7 Å². The van der Waals surface area contributed by atoms with Gasteiger partial charge in [0.1, 0.15) is 12.3 Å². The van der Waals surface area contributed by atoms with E-state index in [1.54, 1.807) is 0 Å². The summed E-state index contributed by atoms with van der Waals surface area (Å²) in [6.45, 7) is -0.0332. The van der Waals surface area contributed by atoms with Crippen LogP contribution in [0.15, 0.2) is 0 Å². The molecule has 108 valence electrons. The van der Waals surface area contributed by atoms with Gasteiger partial charge in [0.25, 0.3) is 0 Å². The molecule has 5 nitrogen and oxygen atoms in total. The molecule has 1 saturated heterocycles. The third kappa shape index (κ3) is 3.89. The van der Waals surface area contributed by atoms with Crippen LogP contribution in [0, 0.1) is 0 Å². The molecule has 2 aliphatic rings. The summed E-state index contributed by atoms with van der Waals surface area (Å²) in [5.41, 5.74) is 0. The summed E-state index contributed by atoms with van der Waals surface area (Å²) in [4.78, 5) is 24.7. The van der Waals surface area contributed by atoms with E-state index in [4.69, 9.17) is 0 Å². The number of halogens is 1. The predicted molar refractivity (Wildman–Crippen MR) is 67.1 cm³/mol. The Balaban J connectivity index is 1.67. The first kappa shape index (κ1) is 14.2. The second-order valence-electron chi connectivity index (χ2n) is 5.43. The second-order valence-corrected chi connectivity index (χ2v) is 5.43. The van der Waals surface area contributed by atoms with Crippen LogP contribution in [0.2, 0.25) is 0 Å². The van der Waals surface area contributed by atoms with Gasteiger partial charge in [-0.2, -0.15) is 0 Å². The molecule has 0 aromatic rings. The average Bonchev–Trinajstić information content (AvgIpc) is 2.98. The number of alkyl halides is 1. The van der Waals surface area contributed by atoms with Crippen molar-refractivity contribution in [1.29, 1.82) is 0 Å². The normalized spacial score (nSPS) is 27.8. The molecule has 0 spiro atoms. The number of aliphatic hydroxyl groups is 1. The Bertz CT molecular complexity index is 335. The Morgan fingerprint density at radius 2 is 1.89 bits per heavy atom. The van der Waals surface area contributed by atoms with Crippen LogP contribution in [0.1, 0.15) is 38.5 Å². The summed E-state index contributed by atoms with van der Waals surface area (Å²) >= 11 is 0. The van der Waals surface area contributed by atoms with E-state index in [-0.39, 0.29) is 43.8 Å². The van der Waals surface area contributed by atoms with Gasteiger partial charge < -0.3 is 15.3 Å². The lowest BCUT2D eigenvalue weighted by Crippen LogP contribution is -2.34. The van der Waals surface area contributed by atoms with Crippen LogP contribution in [0.25, 0.3) is 0 Å². The molecule has 0 unspecified atom stereocenters. The van der Waals surface area contributed by atoms with E-state index >= 15 is 0 Å². The molecule has 0 aromatic heterocycles. The van der Waals surface area contributed by atoms with Crippen LogP contribution < -0.4 is 5.32 Å². The molecule has 2 atom stereocenters. The SMILES string of the molecule is O=C(CCC(=O)N1C[C@@H](O)[C@H](F)C1)NC1CCCC1. The molecule has 2 N–H and O–H groups in total. The molecule has 1 saturated carbocycles. The molecular formula is C13H21FN2O3. The fourth-order valence-electron chi connectivity index (χ4n) is 2.70. The maximum Gasteiger partial charge on any atom is 0.223 e. The van der Waals surface area contributed by atoms with Crippen LogP contribution in [-0.2, 0) is 9.59 Å². The number of hydrogen-bond donors (Lipinski definition) is 2. The Morgan fingerprint density at radius 1 is 1.21 bits per heavy atom. The molecule has 2 amide bonds. The maximum absolute atomic E-state index is 13.1. The standard InChI is InChI=1S/C13H21FN2O3/c14-10-7-16(8-11(10)17)13(19)6-5-12(18)15-9-3-1-2-4-9/h9-11,17H,1-8H2,(H,15,18)/t10-,11-/m1/s1. The number of hydrogen-bond acceptors (Lipinski definition) is 3. The number of carbonyl (C=O) groups is 2. The summed E-state index contributed by atoms with van der Waals surface area (Å²) in [7, 11) is 0. The Kier molecular flexibility index (Phi) is 4.74. The van der Waals surface area contributed by atoms with Crippen molar-refractivity contribution in [3.05, 3.63) is 0 Å². The second kappa shape index (κ2) is 6.32. The van der Waals surface area contributed by atoms with Gasteiger partial charge in [-0.05, 0) is 12.8 Å². The van der Waals surface area contributed by atoms with Crippen molar-refractivity contribution in [1.82, 2.24) is 10.2 Å². The van der Waals surface area contributed by atoms with Crippen molar-refractivity contribution in [2.75, 3.05) is 13.1 Å². The van der Waals surface area contributed by atoms with Crippen molar-refractivity contribution in [3.63, 3.8) is 0 Å². The van der Waals surface area contributed by atoms with Gasteiger partial charge >= 0.3 is 0 Å². The molecule has 6 heteroatoms. The van der Waals surface area contributed by atoms with Crippen LogP contribution >= 0.6 is 0 Å². The largest absolute Gasteiger partial charge is 0.388 e. The molecule has 0 bridgehead atoms. The van der Waals surface area contributed by atoms with Crippen LogP contribution in [0.5, 0.6) is 0 Å². The quantitative estimate of drug-likeness (QED) is 0.776. The third-order valence-corrected chi connectivity index (χ3v) is 3.86. The molecular weight excluding hydrogens is 251 g/mol. The minimum atomic E-state index is -1.36. The molecule has 19 heavy (non-hydrogen) atoms. The van der Waals surface area contributed by atoms with E-state index in [0.29, 0.717) is 0 Å². The number of nitrogens with zero attached hydrogens (tertiary/aromatic N) is 1. The number of aliphatic hydroxyl groups excluding tert-OH is 1. The first-order chi connectivity index (χ1) is 9.06. The zero-order valence-corrected chi connectivity index (χ0v) is 11.0. The smallest absolute Gasteiger partial charge is 0.223 e. The monoisotopic (exact) mass is 272 g/mol. The lowest BCUT2D eigenvalue weighted by molar-refractivity contribution is -0.133. The Labute approximate surface area is 112 Å². The van der Waals surface area contributed by atoms with Crippen molar-refractivity contribution in [2.24, 2.45) is 0 Å². The molecule has 0 aromatic carbocycles. The number of likely N-dealkylation sites (tertiary alicyclic amines) is 1. The van der Waals surface area contributed by atoms with Gasteiger partial charge in [0.2, 0.25) is 11.8 Å². The first-order valence-electron chi connectivity index (χ1n) is 6.95. The minimum absolute atomic E-state index is 0.0320. The highest BCUT2D eigenvalue weighted by molar-refractivity contribution is 5.84. The van der Waals surface area contributed by atoms with E-state index < -0.39 is 12.3 Å². The first-order valence-corrected chi connectivity index (χ1v) is 6.95. The van der Waals surface area contributed by atoms with Gasteiger partial charge in [-0.15, -0.1) is 0 Å². The number of β-amino-alcohol motifs (C(OH)–C–C–N with tert-alkyl or cyclic N) is 1. The van der Waals surface area contributed by atoms with E-state index in [1.165, 1.54) is 4.90 Å². The zero-order chi connectivity index (χ0) is 13.8. The Morgan fingerprint density at radius 3 is 2.47 bits per heavy atom. The zero-order valence-electron chi connectivity index (χ0n) is 11.0. The molecule has 2 rings (SSSR count). The van der Waals surface area contributed by atoms with Crippen molar-refractivity contribution >= 4 is 11.8 Å². The molecule has 1 aliphatic heterocycles. The average molecular weight is 272 g/mol. The highest BCUT2D eigenvalue weighted by Gasteiger charge is 2.33. The van der Waals surface area contributed by atoms with Crippen molar-refractivity contribution < 1.29 is 19.1 Å². The van der Waals surface area contributed by atoms with Gasteiger partial charge in [-0.25, -0.2) is 4.39 Å². The van der Waals surface area contributed by atoms with Crippen LogP contribution in [0.4, 0.5) is 4.39 Å². The summed E-state index contributed by atoms with van der Waals surface area (Å²) in [5, 5.41) is 12.1. The number of nitrogens with one attached hydrogen (secondary N) is 1. The Hall–Kier alpha value is -1.17. The van der Waals surface area contributed by atoms with Gasteiger partial charge in [0.05, 0.1) is 6.54 Å². The summed E-state index contributed by atoms with van der Waals surface area (Å²) in [5.74, 6) is -0.377.